The molecule has 2 heteroatoms. The summed E-state index contributed by atoms with van der Waals surface area (Å²) in [7, 11) is 0. The second-order valence-electron chi connectivity index (χ2n) is 3.16. The maximum atomic E-state index is 2.16. The number of thiophene rings is 1. The van der Waals surface area contributed by atoms with Crippen LogP contribution in [0.5, 0.6) is 0 Å². The Morgan fingerprint density at radius 1 is 1.13 bits per heavy atom. The van der Waals surface area contributed by atoms with Crippen LogP contribution in [0.2, 0.25) is 0 Å². The van der Waals surface area contributed by atoms with Crippen LogP contribution in [0.4, 0.5) is 0 Å². The normalized spacial score (nSPS) is 10.9. The Labute approximate surface area is 98.7 Å². The van der Waals surface area contributed by atoms with E-state index in [4.69, 9.17) is 0 Å². The van der Waals surface area contributed by atoms with Crippen molar-refractivity contribution < 1.29 is 0 Å². The van der Waals surface area contributed by atoms with E-state index < -0.39 is 0 Å². The van der Waals surface area contributed by atoms with Gasteiger partial charge < -0.3 is 0 Å². The minimum absolute atomic E-state index is 1.04. The Morgan fingerprint density at radius 2 is 2.00 bits per heavy atom. The summed E-state index contributed by atoms with van der Waals surface area (Å²) < 4.78 is 0. The van der Waals surface area contributed by atoms with Gasteiger partial charge in [0.1, 0.15) is 0 Å². The lowest BCUT2D eigenvalue weighted by molar-refractivity contribution is 1.42. The summed E-state index contributed by atoms with van der Waals surface area (Å²) in [5, 5.41) is 6.41. The zero-order valence-corrected chi connectivity index (χ0v) is 9.93. The standard InChI is InChI=1S/C13H12S2/c1-2-4-12(5-3-1)10-14-8-6-13-7-9-15-11-13/h1-9,11H,10H2/b8-6-. The monoisotopic (exact) mass is 232 g/mol. The summed E-state index contributed by atoms with van der Waals surface area (Å²) in [4.78, 5) is 0. The average molecular weight is 232 g/mol. The van der Waals surface area contributed by atoms with Gasteiger partial charge in [-0.2, -0.15) is 11.3 Å². The molecular formula is C13H12S2. The summed E-state index contributed by atoms with van der Waals surface area (Å²) in [6, 6.07) is 12.7. The molecule has 0 aliphatic rings. The first kappa shape index (κ1) is 10.5. The lowest BCUT2D eigenvalue weighted by Gasteiger charge is -1.95. The number of thioether (sulfide) groups is 1. The molecule has 0 amide bonds. The maximum absolute atomic E-state index is 2.16. The van der Waals surface area contributed by atoms with Crippen LogP contribution < -0.4 is 0 Å². The van der Waals surface area contributed by atoms with Crippen molar-refractivity contribution in [3.8, 4) is 0 Å². The summed E-state index contributed by atoms with van der Waals surface area (Å²) in [5.41, 5.74) is 2.66. The molecule has 2 aromatic rings. The molecule has 0 spiro atoms. The van der Waals surface area contributed by atoms with Gasteiger partial charge >= 0.3 is 0 Å². The van der Waals surface area contributed by atoms with Gasteiger partial charge in [-0.3, -0.25) is 0 Å². The van der Waals surface area contributed by atoms with Crippen LogP contribution in [-0.4, -0.2) is 0 Å². The van der Waals surface area contributed by atoms with Crippen LogP contribution in [-0.2, 0) is 5.75 Å². The van der Waals surface area contributed by atoms with Crippen molar-refractivity contribution in [1.29, 1.82) is 0 Å². The molecular weight excluding hydrogens is 220 g/mol. The Morgan fingerprint density at radius 3 is 2.73 bits per heavy atom. The third-order valence-corrected chi connectivity index (χ3v) is 3.52. The van der Waals surface area contributed by atoms with Crippen LogP contribution >= 0.6 is 23.1 Å². The van der Waals surface area contributed by atoms with Gasteiger partial charge in [-0.15, -0.1) is 11.8 Å². The Hall–Kier alpha value is -0.990. The molecule has 0 saturated carbocycles. The molecule has 0 unspecified atom stereocenters. The molecule has 0 aliphatic heterocycles. The maximum Gasteiger partial charge on any atom is 0.0226 e. The van der Waals surface area contributed by atoms with Gasteiger partial charge in [0, 0.05) is 5.75 Å². The Kier molecular flexibility index (Phi) is 4.06. The topological polar surface area (TPSA) is 0 Å². The highest BCUT2D eigenvalue weighted by Crippen LogP contribution is 2.15. The largest absolute Gasteiger partial charge is 0.152 e. The molecule has 0 N–H and O–H groups in total. The molecule has 76 valence electrons. The van der Waals surface area contributed by atoms with E-state index in [1.807, 2.05) is 11.8 Å². The average Bonchev–Trinajstić information content (AvgIpc) is 2.79. The van der Waals surface area contributed by atoms with Crippen LogP contribution in [0.3, 0.4) is 0 Å². The third kappa shape index (κ3) is 3.57. The number of rotatable bonds is 4. The fourth-order valence-electron chi connectivity index (χ4n) is 1.22. The molecule has 0 bridgehead atoms. The van der Waals surface area contributed by atoms with Gasteiger partial charge in [0.15, 0.2) is 0 Å². The van der Waals surface area contributed by atoms with Crippen molar-refractivity contribution in [3.05, 3.63) is 63.7 Å². The molecule has 1 heterocycles. The van der Waals surface area contributed by atoms with Crippen LogP contribution in [0.1, 0.15) is 11.1 Å². The van der Waals surface area contributed by atoms with E-state index in [9.17, 15) is 0 Å². The van der Waals surface area contributed by atoms with E-state index >= 15 is 0 Å². The second kappa shape index (κ2) is 5.79. The van der Waals surface area contributed by atoms with Crippen molar-refractivity contribution in [1.82, 2.24) is 0 Å². The van der Waals surface area contributed by atoms with Crippen molar-refractivity contribution in [2.45, 2.75) is 5.75 Å². The molecule has 0 atom stereocenters. The van der Waals surface area contributed by atoms with Crippen LogP contribution in [0, 0.1) is 0 Å². The second-order valence-corrected chi connectivity index (χ2v) is 4.83. The van der Waals surface area contributed by atoms with Crippen molar-refractivity contribution in [2.75, 3.05) is 0 Å². The molecule has 1 aromatic carbocycles. The Bertz CT molecular complexity index is 401. The quantitative estimate of drug-likeness (QED) is 0.739. The fraction of sp³-hybridized carbons (Fsp3) is 0.0769. The zero-order chi connectivity index (χ0) is 10.3. The van der Waals surface area contributed by atoms with Gasteiger partial charge in [0.05, 0.1) is 0 Å². The SMILES string of the molecule is C(=C/c1ccsc1)/SCc1ccccc1. The number of benzene rings is 1. The predicted octanol–water partition coefficient (Wildman–Crippen LogP) is 4.65. The first-order valence-corrected chi connectivity index (χ1v) is 6.78. The third-order valence-electron chi connectivity index (χ3n) is 1.99. The van der Waals surface area contributed by atoms with Crippen LogP contribution in [0.25, 0.3) is 6.08 Å². The first-order chi connectivity index (χ1) is 7.45. The van der Waals surface area contributed by atoms with Crippen molar-refractivity contribution in [3.63, 3.8) is 0 Å². The van der Waals surface area contributed by atoms with E-state index in [0.717, 1.165) is 5.75 Å². The van der Waals surface area contributed by atoms with E-state index in [0.29, 0.717) is 0 Å². The van der Waals surface area contributed by atoms with E-state index in [1.165, 1.54) is 11.1 Å². The summed E-state index contributed by atoms with van der Waals surface area (Å²) in [6.07, 6.45) is 2.16. The zero-order valence-electron chi connectivity index (χ0n) is 8.30. The molecule has 1 aromatic heterocycles. The molecule has 0 nitrogen and oxygen atoms in total. The predicted molar refractivity (Wildman–Crippen MR) is 71.1 cm³/mol. The van der Waals surface area contributed by atoms with Crippen molar-refractivity contribution in [2.24, 2.45) is 0 Å². The minimum atomic E-state index is 1.04. The van der Waals surface area contributed by atoms with Gasteiger partial charge in [0.25, 0.3) is 0 Å². The highest BCUT2D eigenvalue weighted by atomic mass is 32.2. The molecule has 0 fully saturated rings. The minimum Gasteiger partial charge on any atom is -0.152 e. The van der Waals surface area contributed by atoms with E-state index in [1.54, 1.807) is 11.3 Å². The lowest BCUT2D eigenvalue weighted by Crippen LogP contribution is -1.75. The highest BCUT2D eigenvalue weighted by molar-refractivity contribution is 8.01. The number of hydrogen-bond donors (Lipinski definition) is 0. The summed E-state index contributed by atoms with van der Waals surface area (Å²) >= 11 is 3.56. The molecule has 0 radical (unpaired) electrons. The van der Waals surface area contributed by atoms with Gasteiger partial charge in [-0.1, -0.05) is 30.3 Å². The fourth-order valence-corrected chi connectivity index (χ4v) is 2.58. The molecule has 2 rings (SSSR count). The van der Waals surface area contributed by atoms with Crippen LogP contribution in [0.15, 0.2) is 52.6 Å². The van der Waals surface area contributed by atoms with E-state index in [-0.39, 0.29) is 0 Å². The smallest absolute Gasteiger partial charge is 0.0226 e. The summed E-state index contributed by atoms with van der Waals surface area (Å²) in [6.45, 7) is 0. The van der Waals surface area contributed by atoms with Crippen molar-refractivity contribution >= 4 is 29.2 Å². The molecule has 15 heavy (non-hydrogen) atoms. The molecule has 0 aliphatic carbocycles. The molecule has 0 saturated heterocycles. The highest BCUT2D eigenvalue weighted by Gasteiger charge is 1.89. The van der Waals surface area contributed by atoms with Gasteiger partial charge in [0.2, 0.25) is 0 Å². The van der Waals surface area contributed by atoms with E-state index in [2.05, 4.69) is 58.6 Å². The van der Waals surface area contributed by atoms with Gasteiger partial charge in [-0.05, 0) is 39.4 Å². The number of hydrogen-bond acceptors (Lipinski definition) is 2. The Balaban J connectivity index is 1.80. The summed E-state index contributed by atoms with van der Waals surface area (Å²) in [5.74, 6) is 1.04. The lowest BCUT2D eigenvalue weighted by atomic mass is 10.2. The first-order valence-electron chi connectivity index (χ1n) is 4.79. The van der Waals surface area contributed by atoms with Gasteiger partial charge in [-0.25, -0.2) is 0 Å².